The number of rotatable bonds is 6. The highest BCUT2D eigenvalue weighted by Gasteiger charge is 2.36. The number of aromatic nitrogens is 4. The Bertz CT molecular complexity index is 1210. The number of carbonyl (C=O) groups is 1. The molecule has 1 unspecified atom stereocenters. The molecule has 0 aliphatic carbocycles. The fraction of sp³-hybridized carbons (Fsp3) is 0.348. The standard InChI is InChI=1S/C23H23F3N8O/c24-23(25,26)17-13-30-21(32-34-18-7-2-1-6-16(18)11-19(34)35)31-20(17)29-12-15-5-3-10-33(14-15)22-27-8-4-9-28-22/h1-2,4,6-9,13,15H,3,5,10-12,14H2,(H2,29,30,31,32). The largest absolute Gasteiger partial charge is 0.421 e. The first-order valence-corrected chi connectivity index (χ1v) is 11.3. The van der Waals surface area contributed by atoms with Crippen LogP contribution in [0.1, 0.15) is 24.0 Å². The zero-order valence-electron chi connectivity index (χ0n) is 18.7. The van der Waals surface area contributed by atoms with Crippen LogP contribution in [-0.4, -0.2) is 45.5 Å². The average Bonchev–Trinajstić information content (AvgIpc) is 3.18. The summed E-state index contributed by atoms with van der Waals surface area (Å²) in [5.41, 5.74) is 3.24. The van der Waals surface area contributed by atoms with Crippen LogP contribution < -0.4 is 20.7 Å². The third-order valence-electron chi connectivity index (χ3n) is 6.04. The summed E-state index contributed by atoms with van der Waals surface area (Å²) in [7, 11) is 0. The van der Waals surface area contributed by atoms with E-state index in [-0.39, 0.29) is 36.6 Å². The third kappa shape index (κ3) is 4.96. The minimum Gasteiger partial charge on any atom is -0.369 e. The average molecular weight is 484 g/mol. The van der Waals surface area contributed by atoms with Crippen LogP contribution in [0.3, 0.4) is 0 Å². The minimum absolute atomic E-state index is 0.0760. The fourth-order valence-electron chi connectivity index (χ4n) is 4.36. The summed E-state index contributed by atoms with van der Waals surface area (Å²) >= 11 is 0. The second-order valence-electron chi connectivity index (χ2n) is 8.48. The Labute approximate surface area is 199 Å². The third-order valence-corrected chi connectivity index (χ3v) is 6.04. The number of hydrogen-bond donors (Lipinski definition) is 2. The Balaban J connectivity index is 1.32. The summed E-state index contributed by atoms with van der Waals surface area (Å²) < 4.78 is 41.0. The van der Waals surface area contributed by atoms with Crippen molar-refractivity contribution in [2.45, 2.75) is 25.4 Å². The number of anilines is 4. The van der Waals surface area contributed by atoms with Crippen molar-refractivity contribution in [3.8, 4) is 0 Å². The summed E-state index contributed by atoms with van der Waals surface area (Å²) in [6.45, 7) is 1.70. The first-order chi connectivity index (χ1) is 16.9. The number of fused-ring (bicyclic) bond motifs is 1. The molecule has 2 aliphatic rings. The van der Waals surface area contributed by atoms with E-state index in [0.717, 1.165) is 31.1 Å². The van der Waals surface area contributed by atoms with Crippen LogP contribution in [0, 0.1) is 5.92 Å². The van der Waals surface area contributed by atoms with Crippen molar-refractivity contribution in [2.24, 2.45) is 5.92 Å². The lowest BCUT2D eigenvalue weighted by molar-refractivity contribution is -0.137. The fourth-order valence-corrected chi connectivity index (χ4v) is 4.36. The number of nitrogens with zero attached hydrogens (tertiary/aromatic N) is 6. The second kappa shape index (κ2) is 9.35. The number of halogens is 3. The van der Waals surface area contributed by atoms with Gasteiger partial charge in [-0.1, -0.05) is 18.2 Å². The highest BCUT2D eigenvalue weighted by atomic mass is 19.4. The van der Waals surface area contributed by atoms with Crippen molar-refractivity contribution >= 4 is 29.3 Å². The van der Waals surface area contributed by atoms with Crippen LogP contribution in [0.5, 0.6) is 0 Å². The lowest BCUT2D eigenvalue weighted by Gasteiger charge is -2.33. The number of alkyl halides is 3. The van der Waals surface area contributed by atoms with Gasteiger partial charge in [0.15, 0.2) is 0 Å². The van der Waals surface area contributed by atoms with Gasteiger partial charge in [-0.05, 0) is 36.5 Å². The highest BCUT2D eigenvalue weighted by molar-refractivity contribution is 6.02. The number of piperidine rings is 1. The molecule has 1 fully saturated rings. The van der Waals surface area contributed by atoms with Crippen molar-refractivity contribution in [2.75, 3.05) is 40.3 Å². The van der Waals surface area contributed by atoms with Gasteiger partial charge in [0.2, 0.25) is 17.8 Å². The van der Waals surface area contributed by atoms with E-state index >= 15 is 0 Å². The molecule has 5 rings (SSSR count). The molecule has 2 aliphatic heterocycles. The molecule has 2 aromatic heterocycles. The van der Waals surface area contributed by atoms with Crippen molar-refractivity contribution in [3.63, 3.8) is 0 Å². The Morgan fingerprint density at radius 2 is 1.89 bits per heavy atom. The zero-order chi connectivity index (χ0) is 24.4. The minimum atomic E-state index is -4.63. The summed E-state index contributed by atoms with van der Waals surface area (Å²) in [4.78, 5) is 30.9. The molecule has 0 bridgehead atoms. The summed E-state index contributed by atoms with van der Waals surface area (Å²) in [6, 6.07) is 8.91. The van der Waals surface area contributed by atoms with E-state index in [0.29, 0.717) is 18.2 Å². The highest BCUT2D eigenvalue weighted by Crippen LogP contribution is 2.35. The van der Waals surface area contributed by atoms with Crippen molar-refractivity contribution < 1.29 is 18.0 Å². The predicted octanol–water partition coefficient (Wildman–Crippen LogP) is 3.53. The zero-order valence-corrected chi connectivity index (χ0v) is 18.7. The number of carbonyl (C=O) groups excluding carboxylic acids is 1. The van der Waals surface area contributed by atoms with Gasteiger partial charge in [-0.25, -0.2) is 20.0 Å². The number of amides is 1. The van der Waals surface area contributed by atoms with Gasteiger partial charge in [-0.15, -0.1) is 0 Å². The van der Waals surface area contributed by atoms with Crippen LogP contribution in [-0.2, 0) is 17.4 Å². The van der Waals surface area contributed by atoms with Gasteiger partial charge in [0, 0.05) is 38.2 Å². The molecule has 9 nitrogen and oxygen atoms in total. The predicted molar refractivity (Wildman–Crippen MR) is 124 cm³/mol. The van der Waals surface area contributed by atoms with Crippen LogP contribution in [0.25, 0.3) is 0 Å². The molecule has 1 saturated heterocycles. The van der Waals surface area contributed by atoms with Gasteiger partial charge < -0.3 is 10.2 Å². The lowest BCUT2D eigenvalue weighted by atomic mass is 9.98. The van der Waals surface area contributed by atoms with Gasteiger partial charge in [-0.2, -0.15) is 18.2 Å². The molecule has 0 saturated carbocycles. The normalized spacial score (nSPS) is 17.9. The number of para-hydroxylation sites is 1. The van der Waals surface area contributed by atoms with Crippen LogP contribution in [0.15, 0.2) is 48.9 Å². The molecule has 1 amide bonds. The smallest absolute Gasteiger partial charge is 0.369 e. The molecular formula is C23H23F3N8O. The van der Waals surface area contributed by atoms with Crippen molar-refractivity contribution in [3.05, 3.63) is 60.0 Å². The SMILES string of the molecule is O=C1Cc2ccccc2N1Nc1ncc(C(F)(F)F)c(NCC2CCCN(c3ncccn3)C2)n1. The van der Waals surface area contributed by atoms with Crippen LogP contribution in [0.4, 0.5) is 36.6 Å². The first-order valence-electron chi connectivity index (χ1n) is 11.3. The topological polar surface area (TPSA) is 99.2 Å². The van der Waals surface area contributed by atoms with E-state index in [2.05, 4.69) is 30.7 Å². The quantitative estimate of drug-likeness (QED) is 0.548. The summed E-state index contributed by atoms with van der Waals surface area (Å²) in [5.74, 6) is 0.00970. The maximum absolute atomic E-state index is 13.7. The molecule has 2 N–H and O–H groups in total. The van der Waals surface area contributed by atoms with E-state index in [9.17, 15) is 18.0 Å². The van der Waals surface area contributed by atoms with Gasteiger partial charge >= 0.3 is 6.18 Å². The van der Waals surface area contributed by atoms with E-state index < -0.39 is 11.7 Å². The lowest BCUT2D eigenvalue weighted by Crippen LogP contribution is -2.39. The van der Waals surface area contributed by atoms with Crippen LogP contribution in [0.2, 0.25) is 0 Å². The van der Waals surface area contributed by atoms with Crippen molar-refractivity contribution in [1.29, 1.82) is 0 Å². The Kier molecular flexibility index (Phi) is 6.10. The monoisotopic (exact) mass is 484 g/mol. The maximum Gasteiger partial charge on any atom is 0.421 e. The van der Waals surface area contributed by atoms with E-state index in [1.165, 1.54) is 5.01 Å². The molecule has 1 aromatic carbocycles. The van der Waals surface area contributed by atoms with Gasteiger partial charge in [-0.3, -0.25) is 10.2 Å². The second-order valence-corrected chi connectivity index (χ2v) is 8.48. The number of hydrogen-bond acceptors (Lipinski definition) is 8. The Hall–Kier alpha value is -3.96. The van der Waals surface area contributed by atoms with Crippen LogP contribution >= 0.6 is 0 Å². The molecule has 0 spiro atoms. The molecule has 0 radical (unpaired) electrons. The number of benzene rings is 1. The number of nitrogens with one attached hydrogen (secondary N) is 2. The molecule has 12 heteroatoms. The van der Waals surface area contributed by atoms with Gasteiger partial charge in [0.1, 0.15) is 11.4 Å². The van der Waals surface area contributed by atoms with E-state index in [1.807, 2.05) is 17.0 Å². The van der Waals surface area contributed by atoms with Gasteiger partial charge in [0.25, 0.3) is 0 Å². The molecule has 3 aromatic rings. The maximum atomic E-state index is 13.7. The molecular weight excluding hydrogens is 461 g/mol. The number of hydrazine groups is 1. The van der Waals surface area contributed by atoms with Crippen molar-refractivity contribution in [1.82, 2.24) is 19.9 Å². The molecule has 4 heterocycles. The molecule has 35 heavy (non-hydrogen) atoms. The van der Waals surface area contributed by atoms with Gasteiger partial charge in [0.05, 0.1) is 12.1 Å². The molecule has 1 atom stereocenters. The first kappa shape index (κ1) is 22.8. The Morgan fingerprint density at radius 1 is 1.09 bits per heavy atom. The summed E-state index contributed by atoms with van der Waals surface area (Å²) in [5, 5.41) is 4.14. The summed E-state index contributed by atoms with van der Waals surface area (Å²) in [6.07, 6.45) is 1.36. The molecule has 182 valence electrons. The van der Waals surface area contributed by atoms with E-state index in [1.54, 1.807) is 30.6 Å². The Morgan fingerprint density at radius 3 is 2.69 bits per heavy atom. The van der Waals surface area contributed by atoms with E-state index in [4.69, 9.17) is 0 Å².